The van der Waals surface area contributed by atoms with Gasteiger partial charge in [-0.25, -0.2) is 13.6 Å². The molecule has 0 radical (unpaired) electrons. The Hall–Kier alpha value is -2.74. The minimum absolute atomic E-state index is 0.106. The molecule has 2 aromatic carbocycles. The molecular weight excluding hydrogens is 434 g/mol. The third-order valence-corrected chi connectivity index (χ3v) is 4.55. The number of anilines is 2. The van der Waals surface area contributed by atoms with Crippen molar-refractivity contribution in [2.75, 3.05) is 18.5 Å². The molecule has 8 heteroatoms. The molecule has 0 bridgehead atoms. The van der Waals surface area contributed by atoms with Crippen LogP contribution in [0, 0.1) is 11.6 Å². The van der Waals surface area contributed by atoms with Gasteiger partial charge >= 0.3 is 5.97 Å². The molecule has 146 valence electrons. The quantitative estimate of drug-likeness (QED) is 0.495. The van der Waals surface area contributed by atoms with E-state index >= 15 is 0 Å². The standard InChI is InChI=1S/C20H17BrF2N2O3/c1-3-27-17-9-16-11(8-13(17)21)19(12(10-24-16)20(26)28-4-2)25-15-7-5-6-14(22)18(15)23/h5-10H,3-4H2,1-2H3,(H,24,25). The lowest BCUT2D eigenvalue weighted by Gasteiger charge is -2.16. The third kappa shape index (κ3) is 3.91. The van der Waals surface area contributed by atoms with Gasteiger partial charge < -0.3 is 14.8 Å². The summed E-state index contributed by atoms with van der Waals surface area (Å²) in [7, 11) is 0. The maximum Gasteiger partial charge on any atom is 0.341 e. The van der Waals surface area contributed by atoms with Crippen LogP contribution in [0.3, 0.4) is 0 Å². The Balaban J connectivity index is 2.22. The van der Waals surface area contributed by atoms with Gasteiger partial charge in [0.1, 0.15) is 11.3 Å². The van der Waals surface area contributed by atoms with Crippen molar-refractivity contribution in [3.63, 3.8) is 0 Å². The molecule has 0 amide bonds. The summed E-state index contributed by atoms with van der Waals surface area (Å²) in [6.45, 7) is 4.16. The van der Waals surface area contributed by atoms with Crippen LogP contribution in [-0.2, 0) is 4.74 Å². The van der Waals surface area contributed by atoms with Crippen LogP contribution in [0.4, 0.5) is 20.2 Å². The van der Waals surface area contributed by atoms with Crippen molar-refractivity contribution in [1.29, 1.82) is 0 Å². The second-order valence-electron chi connectivity index (χ2n) is 5.73. The van der Waals surface area contributed by atoms with Crippen LogP contribution in [0.1, 0.15) is 24.2 Å². The highest BCUT2D eigenvalue weighted by molar-refractivity contribution is 9.10. The molecule has 0 atom stereocenters. The van der Waals surface area contributed by atoms with Crippen LogP contribution < -0.4 is 10.1 Å². The zero-order chi connectivity index (χ0) is 20.3. The molecule has 0 fully saturated rings. The number of aromatic nitrogens is 1. The van der Waals surface area contributed by atoms with Crippen LogP contribution in [0.15, 0.2) is 41.0 Å². The fraction of sp³-hybridized carbons (Fsp3) is 0.200. The average Bonchev–Trinajstić information content (AvgIpc) is 2.67. The van der Waals surface area contributed by atoms with Crippen LogP contribution >= 0.6 is 15.9 Å². The molecule has 1 heterocycles. The monoisotopic (exact) mass is 450 g/mol. The number of esters is 1. The van der Waals surface area contributed by atoms with E-state index in [0.717, 1.165) is 6.07 Å². The van der Waals surface area contributed by atoms with E-state index in [1.807, 2.05) is 6.92 Å². The highest BCUT2D eigenvalue weighted by atomic mass is 79.9. The third-order valence-electron chi connectivity index (χ3n) is 3.93. The number of ether oxygens (including phenoxy) is 2. The Morgan fingerprint density at radius 2 is 2.00 bits per heavy atom. The Labute approximate surface area is 168 Å². The summed E-state index contributed by atoms with van der Waals surface area (Å²) in [6.07, 6.45) is 1.34. The van der Waals surface area contributed by atoms with Gasteiger partial charge in [-0.15, -0.1) is 0 Å². The van der Waals surface area contributed by atoms with Crippen molar-refractivity contribution in [3.05, 3.63) is 58.2 Å². The second kappa shape index (κ2) is 8.52. The first-order valence-electron chi connectivity index (χ1n) is 8.59. The van der Waals surface area contributed by atoms with E-state index < -0.39 is 17.6 Å². The summed E-state index contributed by atoms with van der Waals surface area (Å²) in [5.74, 6) is -2.09. The number of halogens is 3. The van der Waals surface area contributed by atoms with Crippen molar-refractivity contribution < 1.29 is 23.0 Å². The normalized spacial score (nSPS) is 10.8. The van der Waals surface area contributed by atoms with Crippen LogP contribution in [0.5, 0.6) is 5.75 Å². The molecule has 1 N–H and O–H groups in total. The van der Waals surface area contributed by atoms with Gasteiger partial charge in [0.2, 0.25) is 0 Å². The van der Waals surface area contributed by atoms with Gasteiger partial charge in [0, 0.05) is 17.6 Å². The molecule has 0 aliphatic heterocycles. The highest BCUT2D eigenvalue weighted by Gasteiger charge is 2.20. The molecule has 3 aromatic rings. The Morgan fingerprint density at radius 1 is 1.21 bits per heavy atom. The number of nitrogens with zero attached hydrogens (tertiary/aromatic N) is 1. The number of pyridine rings is 1. The SMILES string of the molecule is CCOC(=O)c1cnc2cc(OCC)c(Br)cc2c1Nc1cccc(F)c1F. The predicted octanol–water partition coefficient (Wildman–Crippen LogP) is 5.59. The molecule has 0 aliphatic rings. The summed E-state index contributed by atoms with van der Waals surface area (Å²) >= 11 is 3.43. The van der Waals surface area contributed by atoms with E-state index in [-0.39, 0.29) is 23.5 Å². The number of hydrogen-bond donors (Lipinski definition) is 1. The van der Waals surface area contributed by atoms with Crippen molar-refractivity contribution in [2.24, 2.45) is 0 Å². The van der Waals surface area contributed by atoms with Crippen molar-refractivity contribution in [2.45, 2.75) is 13.8 Å². The van der Waals surface area contributed by atoms with E-state index in [0.29, 0.717) is 27.7 Å². The fourth-order valence-corrected chi connectivity index (χ4v) is 3.15. The number of nitrogens with one attached hydrogen (secondary N) is 1. The maximum atomic E-state index is 14.2. The number of benzene rings is 2. The molecule has 1 aromatic heterocycles. The molecule has 3 rings (SSSR count). The van der Waals surface area contributed by atoms with E-state index in [2.05, 4.69) is 26.2 Å². The largest absolute Gasteiger partial charge is 0.493 e. The first-order valence-corrected chi connectivity index (χ1v) is 9.38. The number of hydrogen-bond acceptors (Lipinski definition) is 5. The van der Waals surface area contributed by atoms with E-state index in [1.54, 1.807) is 19.1 Å². The number of carbonyl (C=O) groups is 1. The van der Waals surface area contributed by atoms with E-state index in [4.69, 9.17) is 9.47 Å². The molecule has 0 spiro atoms. The van der Waals surface area contributed by atoms with E-state index in [1.165, 1.54) is 18.3 Å². The van der Waals surface area contributed by atoms with Gasteiger partial charge in [0.25, 0.3) is 0 Å². The highest BCUT2D eigenvalue weighted by Crippen LogP contribution is 2.36. The average molecular weight is 451 g/mol. The molecule has 28 heavy (non-hydrogen) atoms. The fourth-order valence-electron chi connectivity index (χ4n) is 2.69. The number of fused-ring (bicyclic) bond motifs is 1. The molecule has 0 saturated heterocycles. The van der Waals surface area contributed by atoms with Crippen molar-refractivity contribution >= 4 is 44.2 Å². The van der Waals surface area contributed by atoms with Gasteiger partial charge in [-0.05, 0) is 48.0 Å². The minimum atomic E-state index is -1.05. The summed E-state index contributed by atoms with van der Waals surface area (Å²) in [6, 6.07) is 7.17. The number of carbonyl (C=O) groups excluding carboxylic acids is 1. The lowest BCUT2D eigenvalue weighted by Crippen LogP contribution is -2.10. The van der Waals surface area contributed by atoms with Gasteiger partial charge in [-0.3, -0.25) is 4.98 Å². The van der Waals surface area contributed by atoms with Crippen molar-refractivity contribution in [3.8, 4) is 5.75 Å². The summed E-state index contributed by atoms with van der Waals surface area (Å²) in [4.78, 5) is 16.7. The van der Waals surface area contributed by atoms with Gasteiger partial charge in [0.05, 0.1) is 34.6 Å². The number of rotatable bonds is 6. The Bertz CT molecular complexity index is 1040. The second-order valence-corrected chi connectivity index (χ2v) is 6.58. The zero-order valence-corrected chi connectivity index (χ0v) is 16.8. The van der Waals surface area contributed by atoms with Gasteiger partial charge in [-0.1, -0.05) is 6.07 Å². The van der Waals surface area contributed by atoms with Crippen LogP contribution in [-0.4, -0.2) is 24.2 Å². The summed E-state index contributed by atoms with van der Waals surface area (Å²) in [5.41, 5.74) is 0.771. The zero-order valence-electron chi connectivity index (χ0n) is 15.2. The van der Waals surface area contributed by atoms with Crippen LogP contribution in [0.25, 0.3) is 10.9 Å². The molecule has 5 nitrogen and oxygen atoms in total. The van der Waals surface area contributed by atoms with E-state index in [9.17, 15) is 13.6 Å². The molecule has 0 unspecified atom stereocenters. The van der Waals surface area contributed by atoms with Gasteiger partial charge in [0.15, 0.2) is 11.6 Å². The lowest BCUT2D eigenvalue weighted by molar-refractivity contribution is 0.0527. The summed E-state index contributed by atoms with van der Waals surface area (Å²) < 4.78 is 39.1. The topological polar surface area (TPSA) is 60.5 Å². The van der Waals surface area contributed by atoms with Gasteiger partial charge in [-0.2, -0.15) is 0 Å². The smallest absolute Gasteiger partial charge is 0.341 e. The van der Waals surface area contributed by atoms with Crippen molar-refractivity contribution in [1.82, 2.24) is 4.98 Å². The maximum absolute atomic E-state index is 14.2. The first kappa shape index (κ1) is 20.0. The first-order chi connectivity index (χ1) is 13.5. The van der Waals surface area contributed by atoms with Crippen LogP contribution in [0.2, 0.25) is 0 Å². The summed E-state index contributed by atoms with van der Waals surface area (Å²) in [5, 5.41) is 3.34. The minimum Gasteiger partial charge on any atom is -0.493 e. The predicted molar refractivity (Wildman–Crippen MR) is 106 cm³/mol. The molecule has 0 aliphatic carbocycles. The molecular formula is C20H17BrF2N2O3. The lowest BCUT2D eigenvalue weighted by atomic mass is 10.1. The Morgan fingerprint density at radius 3 is 2.71 bits per heavy atom. The Kier molecular flexibility index (Phi) is 6.08. The molecule has 0 saturated carbocycles.